The lowest BCUT2D eigenvalue weighted by molar-refractivity contribution is 0.414. The van der Waals surface area contributed by atoms with E-state index in [1.165, 1.54) is 5.56 Å². The molecule has 2 heterocycles. The maximum Gasteiger partial charge on any atom is 0.161 e. The molecule has 0 radical (unpaired) electrons. The Bertz CT molecular complexity index is 706. The Morgan fingerprint density at radius 3 is 2.63 bits per heavy atom. The average Bonchev–Trinajstić information content (AvgIpc) is 2.84. The van der Waals surface area contributed by atoms with Gasteiger partial charge in [0.15, 0.2) is 5.65 Å². The number of nitrogens with zero attached hydrogens (tertiary/aromatic N) is 3. The van der Waals surface area contributed by atoms with Gasteiger partial charge in [-0.3, -0.25) is 4.40 Å². The third kappa shape index (κ3) is 2.33. The molecular weight excluding hydrogens is 306 g/mol. The van der Waals surface area contributed by atoms with Crippen molar-refractivity contribution in [2.45, 2.75) is 6.42 Å². The van der Waals surface area contributed by atoms with E-state index in [4.69, 9.17) is 4.74 Å². The second-order valence-corrected chi connectivity index (χ2v) is 5.00. The predicted octanol–water partition coefficient (Wildman–Crippen LogP) is 3.09. The van der Waals surface area contributed by atoms with E-state index in [1.807, 2.05) is 46.9 Å². The molecule has 1 aromatic carbocycles. The van der Waals surface area contributed by atoms with E-state index >= 15 is 0 Å². The molecule has 0 unspecified atom stereocenters. The van der Waals surface area contributed by atoms with Crippen LogP contribution in [0.15, 0.2) is 47.1 Å². The summed E-state index contributed by atoms with van der Waals surface area (Å²) in [6, 6.07) is 13.9. The Kier molecular flexibility index (Phi) is 3.21. The summed E-state index contributed by atoms with van der Waals surface area (Å²) in [6.07, 6.45) is 0.730. The van der Waals surface area contributed by atoms with Crippen LogP contribution in [-0.2, 0) is 6.42 Å². The fraction of sp³-hybridized carbons (Fsp3) is 0.143. The number of hydrogen-bond donors (Lipinski definition) is 0. The Morgan fingerprint density at radius 1 is 1.11 bits per heavy atom. The van der Waals surface area contributed by atoms with Crippen LogP contribution in [0.1, 0.15) is 11.4 Å². The van der Waals surface area contributed by atoms with E-state index in [2.05, 4.69) is 26.1 Å². The molecule has 4 nitrogen and oxygen atoms in total. The summed E-state index contributed by atoms with van der Waals surface area (Å²) < 4.78 is 8.11. The van der Waals surface area contributed by atoms with E-state index in [0.29, 0.717) is 0 Å². The number of rotatable bonds is 3. The lowest BCUT2D eigenvalue weighted by Gasteiger charge is -2.04. The zero-order valence-corrected chi connectivity index (χ0v) is 12.0. The van der Waals surface area contributed by atoms with Crippen molar-refractivity contribution in [1.82, 2.24) is 14.6 Å². The van der Waals surface area contributed by atoms with Crippen molar-refractivity contribution in [3.05, 3.63) is 58.5 Å². The van der Waals surface area contributed by atoms with Crippen LogP contribution in [0, 0.1) is 0 Å². The molecule has 0 N–H and O–H groups in total. The monoisotopic (exact) mass is 317 g/mol. The van der Waals surface area contributed by atoms with Crippen LogP contribution in [0.3, 0.4) is 0 Å². The van der Waals surface area contributed by atoms with Gasteiger partial charge in [0.1, 0.15) is 11.6 Å². The highest BCUT2D eigenvalue weighted by molar-refractivity contribution is 9.10. The van der Waals surface area contributed by atoms with E-state index < -0.39 is 0 Å². The van der Waals surface area contributed by atoms with Crippen molar-refractivity contribution >= 4 is 21.6 Å². The van der Waals surface area contributed by atoms with Crippen LogP contribution in [0.2, 0.25) is 0 Å². The number of fused-ring (bicyclic) bond motifs is 1. The van der Waals surface area contributed by atoms with Crippen LogP contribution < -0.4 is 4.74 Å². The zero-order chi connectivity index (χ0) is 13.2. The predicted molar refractivity (Wildman–Crippen MR) is 76.5 cm³/mol. The van der Waals surface area contributed by atoms with Crippen LogP contribution >= 0.6 is 15.9 Å². The molecule has 0 amide bonds. The van der Waals surface area contributed by atoms with Gasteiger partial charge in [0.05, 0.1) is 11.7 Å². The van der Waals surface area contributed by atoms with Crippen LogP contribution in [0.25, 0.3) is 5.65 Å². The van der Waals surface area contributed by atoms with E-state index in [-0.39, 0.29) is 0 Å². The van der Waals surface area contributed by atoms with Gasteiger partial charge in [-0.1, -0.05) is 18.2 Å². The maximum absolute atomic E-state index is 5.15. The summed E-state index contributed by atoms with van der Waals surface area (Å²) in [7, 11) is 1.66. The topological polar surface area (TPSA) is 39.4 Å². The van der Waals surface area contributed by atoms with Crippen molar-refractivity contribution in [2.75, 3.05) is 7.11 Å². The smallest absolute Gasteiger partial charge is 0.161 e. The van der Waals surface area contributed by atoms with Gasteiger partial charge in [-0.2, -0.15) is 0 Å². The van der Waals surface area contributed by atoms with E-state index in [1.54, 1.807) is 7.11 Å². The van der Waals surface area contributed by atoms with Gasteiger partial charge >= 0.3 is 0 Å². The summed E-state index contributed by atoms with van der Waals surface area (Å²) in [5.41, 5.74) is 2.02. The molecule has 0 atom stereocenters. The Balaban J connectivity index is 1.96. The number of ether oxygens (including phenoxy) is 1. The first-order chi connectivity index (χ1) is 9.28. The van der Waals surface area contributed by atoms with Crippen molar-refractivity contribution in [3.63, 3.8) is 0 Å². The molecule has 0 aliphatic rings. The molecule has 96 valence electrons. The quantitative estimate of drug-likeness (QED) is 0.697. The van der Waals surface area contributed by atoms with Gasteiger partial charge in [-0.05, 0) is 45.8 Å². The van der Waals surface area contributed by atoms with Gasteiger partial charge < -0.3 is 4.74 Å². The lowest BCUT2D eigenvalue weighted by atomic mass is 10.1. The molecule has 0 saturated heterocycles. The Morgan fingerprint density at radius 2 is 1.89 bits per heavy atom. The highest BCUT2D eigenvalue weighted by Gasteiger charge is 2.08. The van der Waals surface area contributed by atoms with Crippen LogP contribution in [0.5, 0.6) is 5.75 Å². The second-order valence-electron chi connectivity index (χ2n) is 4.18. The minimum absolute atomic E-state index is 0.730. The molecule has 3 aromatic rings. The summed E-state index contributed by atoms with van der Waals surface area (Å²) in [4.78, 5) is 0. The molecule has 0 aliphatic carbocycles. The van der Waals surface area contributed by atoms with Crippen LogP contribution in [-0.4, -0.2) is 21.7 Å². The number of halogens is 1. The molecule has 3 rings (SSSR count). The summed E-state index contributed by atoms with van der Waals surface area (Å²) >= 11 is 3.53. The summed E-state index contributed by atoms with van der Waals surface area (Å²) in [6.45, 7) is 0. The number of benzene rings is 1. The van der Waals surface area contributed by atoms with Gasteiger partial charge in [0.2, 0.25) is 0 Å². The first-order valence-corrected chi connectivity index (χ1v) is 6.68. The standard InChI is InChI=1S/C14H12BrN3O/c1-19-11-7-5-10(6-8-11)9-14-17-16-13-4-2-3-12(15)18(13)14/h2-8H,9H2,1H3. The fourth-order valence-corrected chi connectivity index (χ4v) is 2.54. The third-order valence-corrected chi connectivity index (χ3v) is 3.59. The first-order valence-electron chi connectivity index (χ1n) is 5.89. The number of aromatic nitrogens is 3. The normalized spacial score (nSPS) is 10.8. The number of pyridine rings is 1. The largest absolute Gasteiger partial charge is 0.497 e. The van der Waals surface area contributed by atoms with Gasteiger partial charge in [-0.25, -0.2) is 0 Å². The average molecular weight is 318 g/mol. The minimum atomic E-state index is 0.730. The molecule has 5 heteroatoms. The number of methoxy groups -OCH3 is 1. The Labute approximate surface area is 119 Å². The van der Waals surface area contributed by atoms with E-state index in [9.17, 15) is 0 Å². The molecular formula is C14H12BrN3O. The van der Waals surface area contributed by atoms with Gasteiger partial charge in [-0.15, -0.1) is 10.2 Å². The molecule has 0 saturated carbocycles. The Hall–Kier alpha value is -1.88. The van der Waals surface area contributed by atoms with Crippen molar-refractivity contribution in [1.29, 1.82) is 0 Å². The molecule has 0 fully saturated rings. The molecule has 0 aliphatic heterocycles. The molecule has 19 heavy (non-hydrogen) atoms. The van der Waals surface area contributed by atoms with Crippen LogP contribution in [0.4, 0.5) is 0 Å². The summed E-state index contributed by atoms with van der Waals surface area (Å²) in [5.74, 6) is 1.77. The fourth-order valence-electron chi connectivity index (χ4n) is 2.00. The molecule has 0 spiro atoms. The van der Waals surface area contributed by atoms with Crippen molar-refractivity contribution < 1.29 is 4.74 Å². The van der Waals surface area contributed by atoms with Crippen molar-refractivity contribution in [3.8, 4) is 5.75 Å². The SMILES string of the molecule is COc1ccc(Cc2nnc3cccc(Br)n23)cc1. The third-order valence-electron chi connectivity index (χ3n) is 2.97. The molecule has 0 bridgehead atoms. The minimum Gasteiger partial charge on any atom is -0.497 e. The van der Waals surface area contributed by atoms with Gasteiger partial charge in [0, 0.05) is 6.42 Å². The maximum atomic E-state index is 5.15. The summed E-state index contributed by atoms with van der Waals surface area (Å²) in [5, 5.41) is 8.41. The highest BCUT2D eigenvalue weighted by atomic mass is 79.9. The van der Waals surface area contributed by atoms with Crippen molar-refractivity contribution in [2.24, 2.45) is 0 Å². The highest BCUT2D eigenvalue weighted by Crippen LogP contribution is 2.18. The van der Waals surface area contributed by atoms with E-state index in [0.717, 1.165) is 28.2 Å². The molecule has 2 aromatic heterocycles. The second kappa shape index (κ2) is 5.01. The first kappa shape index (κ1) is 12.2. The van der Waals surface area contributed by atoms with Gasteiger partial charge in [0.25, 0.3) is 0 Å². The lowest BCUT2D eigenvalue weighted by Crippen LogP contribution is -1.97. The zero-order valence-electron chi connectivity index (χ0n) is 10.4. The number of hydrogen-bond acceptors (Lipinski definition) is 3.